The Morgan fingerprint density at radius 2 is 2.42 bits per heavy atom. The summed E-state index contributed by atoms with van der Waals surface area (Å²) in [6, 6.07) is 3.80. The van der Waals surface area contributed by atoms with Crippen molar-refractivity contribution < 1.29 is 14.6 Å². The number of ether oxygens (including phenoxy) is 1. The van der Waals surface area contributed by atoms with E-state index in [1.807, 2.05) is 17.5 Å². The third-order valence-electron chi connectivity index (χ3n) is 2.97. The molecule has 0 aliphatic carbocycles. The zero-order valence-electron chi connectivity index (χ0n) is 10.2. The number of thiazole rings is 1. The van der Waals surface area contributed by atoms with Crippen molar-refractivity contribution in [2.75, 3.05) is 6.61 Å². The summed E-state index contributed by atoms with van der Waals surface area (Å²) < 4.78 is 5.62. The molecule has 1 unspecified atom stereocenters. The van der Waals surface area contributed by atoms with Gasteiger partial charge in [0.25, 0.3) is 0 Å². The standard InChI is InChI=1S/C13H13NO3S2/c15-12(16)6-8-3-4-11(19-8)9-7-18-13(14-9)10-2-1-5-17-10/h3-4,7,10H,1-2,5-6H2,(H,15,16). The molecule has 1 saturated heterocycles. The monoisotopic (exact) mass is 295 g/mol. The highest BCUT2D eigenvalue weighted by atomic mass is 32.1. The first kappa shape index (κ1) is 12.8. The highest BCUT2D eigenvalue weighted by molar-refractivity contribution is 7.16. The average molecular weight is 295 g/mol. The maximum absolute atomic E-state index is 10.7. The van der Waals surface area contributed by atoms with Crippen LogP contribution in [0.5, 0.6) is 0 Å². The van der Waals surface area contributed by atoms with Crippen molar-refractivity contribution in [3.63, 3.8) is 0 Å². The third kappa shape index (κ3) is 2.86. The molecule has 1 fully saturated rings. The van der Waals surface area contributed by atoms with E-state index in [2.05, 4.69) is 4.98 Å². The minimum atomic E-state index is -0.799. The summed E-state index contributed by atoms with van der Waals surface area (Å²) in [7, 11) is 0. The highest BCUT2D eigenvalue weighted by Gasteiger charge is 2.21. The van der Waals surface area contributed by atoms with Crippen molar-refractivity contribution in [2.45, 2.75) is 25.4 Å². The van der Waals surface area contributed by atoms with Gasteiger partial charge in [-0.15, -0.1) is 22.7 Å². The fraction of sp³-hybridized carbons (Fsp3) is 0.385. The van der Waals surface area contributed by atoms with E-state index in [0.29, 0.717) is 0 Å². The van der Waals surface area contributed by atoms with Gasteiger partial charge in [0, 0.05) is 16.9 Å². The minimum Gasteiger partial charge on any atom is -0.481 e. The maximum Gasteiger partial charge on any atom is 0.308 e. The number of thiophene rings is 1. The molecule has 2 aromatic heterocycles. The van der Waals surface area contributed by atoms with E-state index < -0.39 is 5.97 Å². The molecule has 0 amide bonds. The molecule has 1 atom stereocenters. The van der Waals surface area contributed by atoms with Gasteiger partial charge in [-0.2, -0.15) is 0 Å². The summed E-state index contributed by atoms with van der Waals surface area (Å²) >= 11 is 3.11. The molecule has 6 heteroatoms. The molecule has 0 radical (unpaired) electrons. The van der Waals surface area contributed by atoms with Crippen LogP contribution in [0.1, 0.15) is 28.8 Å². The number of aliphatic carboxylic acids is 1. The molecule has 3 heterocycles. The number of carboxylic acid groups (broad SMARTS) is 1. The van der Waals surface area contributed by atoms with Crippen molar-refractivity contribution >= 4 is 28.6 Å². The molecule has 1 N–H and O–H groups in total. The van der Waals surface area contributed by atoms with E-state index in [1.165, 1.54) is 11.3 Å². The van der Waals surface area contributed by atoms with Crippen molar-refractivity contribution in [2.24, 2.45) is 0 Å². The van der Waals surface area contributed by atoms with E-state index in [1.54, 1.807) is 11.3 Å². The van der Waals surface area contributed by atoms with Gasteiger partial charge < -0.3 is 9.84 Å². The normalized spacial score (nSPS) is 18.8. The third-order valence-corrected chi connectivity index (χ3v) is 5.01. The van der Waals surface area contributed by atoms with Crippen molar-refractivity contribution in [1.82, 2.24) is 4.98 Å². The predicted octanol–water partition coefficient (Wildman–Crippen LogP) is 3.35. The lowest BCUT2D eigenvalue weighted by Gasteiger charge is -2.03. The topological polar surface area (TPSA) is 59.4 Å². The zero-order chi connectivity index (χ0) is 13.2. The number of nitrogens with zero attached hydrogens (tertiary/aromatic N) is 1. The van der Waals surface area contributed by atoms with Crippen LogP contribution in [0.2, 0.25) is 0 Å². The Morgan fingerprint density at radius 1 is 1.53 bits per heavy atom. The van der Waals surface area contributed by atoms with Crippen molar-refractivity contribution in [1.29, 1.82) is 0 Å². The fourth-order valence-electron chi connectivity index (χ4n) is 2.08. The van der Waals surface area contributed by atoms with Crippen LogP contribution in [-0.2, 0) is 16.0 Å². The zero-order valence-corrected chi connectivity index (χ0v) is 11.8. The molecule has 0 bridgehead atoms. The Labute approximate surface area is 118 Å². The van der Waals surface area contributed by atoms with Gasteiger partial charge in [-0.1, -0.05) is 0 Å². The largest absolute Gasteiger partial charge is 0.481 e. The van der Waals surface area contributed by atoms with Gasteiger partial charge in [0.2, 0.25) is 0 Å². The summed E-state index contributed by atoms with van der Waals surface area (Å²) in [6.45, 7) is 0.821. The van der Waals surface area contributed by atoms with Crippen LogP contribution >= 0.6 is 22.7 Å². The number of carbonyl (C=O) groups is 1. The number of hydrogen-bond donors (Lipinski definition) is 1. The van der Waals surface area contributed by atoms with Gasteiger partial charge in [-0.25, -0.2) is 4.98 Å². The van der Waals surface area contributed by atoms with Gasteiger partial charge in [-0.3, -0.25) is 4.79 Å². The van der Waals surface area contributed by atoms with Crippen molar-refractivity contribution in [3.05, 3.63) is 27.4 Å². The SMILES string of the molecule is O=C(O)Cc1ccc(-c2csc(C3CCCO3)n2)s1. The van der Waals surface area contributed by atoms with Crippen LogP contribution in [-0.4, -0.2) is 22.7 Å². The van der Waals surface area contributed by atoms with E-state index >= 15 is 0 Å². The molecule has 3 rings (SSSR count). The quantitative estimate of drug-likeness (QED) is 0.939. The summed E-state index contributed by atoms with van der Waals surface area (Å²) in [5, 5.41) is 11.8. The van der Waals surface area contributed by atoms with Crippen LogP contribution in [0, 0.1) is 0 Å². The highest BCUT2D eigenvalue weighted by Crippen LogP contribution is 2.35. The second-order valence-electron chi connectivity index (χ2n) is 4.41. The number of aromatic nitrogens is 1. The first-order valence-electron chi connectivity index (χ1n) is 6.10. The van der Waals surface area contributed by atoms with Crippen LogP contribution < -0.4 is 0 Å². The molecule has 1 aliphatic rings. The fourth-order valence-corrected chi connectivity index (χ4v) is 4.02. The van der Waals surface area contributed by atoms with Crippen LogP contribution in [0.3, 0.4) is 0 Å². The Balaban J connectivity index is 1.78. The van der Waals surface area contributed by atoms with Crippen LogP contribution in [0.4, 0.5) is 0 Å². The molecule has 100 valence electrons. The lowest BCUT2D eigenvalue weighted by Crippen LogP contribution is -1.96. The van der Waals surface area contributed by atoms with Gasteiger partial charge in [0.05, 0.1) is 17.0 Å². The Kier molecular flexibility index (Phi) is 3.63. The van der Waals surface area contributed by atoms with Gasteiger partial charge in [0.1, 0.15) is 11.1 Å². The van der Waals surface area contributed by atoms with Gasteiger partial charge in [-0.05, 0) is 25.0 Å². The smallest absolute Gasteiger partial charge is 0.308 e. The van der Waals surface area contributed by atoms with Crippen molar-refractivity contribution in [3.8, 4) is 10.6 Å². The van der Waals surface area contributed by atoms with E-state index in [0.717, 1.165) is 39.9 Å². The molecule has 0 spiro atoms. The van der Waals surface area contributed by atoms with E-state index in [4.69, 9.17) is 9.84 Å². The lowest BCUT2D eigenvalue weighted by molar-refractivity contribution is -0.136. The molecule has 0 saturated carbocycles. The number of hydrogen-bond acceptors (Lipinski definition) is 5. The average Bonchev–Trinajstić information content (AvgIpc) is 3.09. The predicted molar refractivity (Wildman–Crippen MR) is 74.7 cm³/mol. The molecule has 2 aromatic rings. The minimum absolute atomic E-state index is 0.0768. The molecular formula is C13H13NO3S2. The Bertz CT molecular complexity index is 584. The van der Waals surface area contributed by atoms with Crippen LogP contribution in [0.15, 0.2) is 17.5 Å². The molecule has 0 aromatic carbocycles. The van der Waals surface area contributed by atoms with Gasteiger partial charge in [0.15, 0.2) is 0 Å². The lowest BCUT2D eigenvalue weighted by atomic mass is 10.2. The molecular weight excluding hydrogens is 282 g/mol. The summed E-state index contributed by atoms with van der Waals surface area (Å²) in [6.07, 6.45) is 2.37. The second kappa shape index (κ2) is 5.40. The van der Waals surface area contributed by atoms with Gasteiger partial charge >= 0.3 is 5.97 Å². The first-order chi connectivity index (χ1) is 9.22. The maximum atomic E-state index is 10.7. The Hall–Kier alpha value is -1.24. The number of rotatable bonds is 4. The second-order valence-corrected chi connectivity index (χ2v) is 6.47. The molecule has 4 nitrogen and oxygen atoms in total. The first-order valence-corrected chi connectivity index (χ1v) is 7.80. The molecule has 19 heavy (non-hydrogen) atoms. The Morgan fingerprint density at radius 3 is 3.16 bits per heavy atom. The summed E-state index contributed by atoms with van der Waals surface area (Å²) in [4.78, 5) is 17.2. The summed E-state index contributed by atoms with van der Waals surface area (Å²) in [5.74, 6) is -0.799. The van der Waals surface area contributed by atoms with E-state index in [-0.39, 0.29) is 12.5 Å². The van der Waals surface area contributed by atoms with E-state index in [9.17, 15) is 4.79 Å². The van der Waals surface area contributed by atoms with Crippen LogP contribution in [0.25, 0.3) is 10.6 Å². The number of carboxylic acids is 1. The molecule has 1 aliphatic heterocycles. The summed E-state index contributed by atoms with van der Waals surface area (Å²) in [5.41, 5.74) is 0.928.